The van der Waals surface area contributed by atoms with Crippen molar-refractivity contribution in [3.8, 4) is 0 Å². The molecule has 0 radical (unpaired) electrons. The molecule has 1 heterocycles. The van der Waals surface area contributed by atoms with E-state index in [2.05, 4.69) is 17.2 Å². The van der Waals surface area contributed by atoms with Crippen molar-refractivity contribution in [1.82, 2.24) is 15.2 Å². The molecule has 0 aliphatic heterocycles. The smallest absolute Gasteiger partial charge is 0.311 e. The second kappa shape index (κ2) is 8.21. The SMILES string of the molecule is CCCNCc1cccc(CN(C)CCC(F)(F)F)n1. The maximum atomic E-state index is 12.1. The summed E-state index contributed by atoms with van der Waals surface area (Å²) in [4.78, 5) is 6.08. The Balaban J connectivity index is 2.44. The average Bonchev–Trinajstić information content (AvgIpc) is 2.36. The highest BCUT2D eigenvalue weighted by atomic mass is 19.4. The molecule has 0 aliphatic carbocycles. The lowest BCUT2D eigenvalue weighted by Crippen LogP contribution is -2.24. The lowest BCUT2D eigenvalue weighted by molar-refractivity contribution is -0.137. The van der Waals surface area contributed by atoms with Crippen molar-refractivity contribution in [3.63, 3.8) is 0 Å². The third-order valence-electron chi connectivity index (χ3n) is 2.81. The van der Waals surface area contributed by atoms with E-state index in [9.17, 15) is 13.2 Å². The van der Waals surface area contributed by atoms with E-state index < -0.39 is 12.6 Å². The Bertz CT molecular complexity index is 393. The molecule has 0 amide bonds. The van der Waals surface area contributed by atoms with Gasteiger partial charge in [0.1, 0.15) is 0 Å². The third-order valence-corrected chi connectivity index (χ3v) is 2.81. The van der Waals surface area contributed by atoms with Crippen LogP contribution in [0.2, 0.25) is 0 Å². The van der Waals surface area contributed by atoms with Gasteiger partial charge in [0.15, 0.2) is 0 Å². The summed E-state index contributed by atoms with van der Waals surface area (Å²) < 4.78 is 36.4. The van der Waals surface area contributed by atoms with Crippen LogP contribution in [-0.2, 0) is 13.1 Å². The Labute approximate surface area is 118 Å². The minimum Gasteiger partial charge on any atom is -0.311 e. The fraction of sp³-hybridized carbons (Fsp3) is 0.643. The van der Waals surface area contributed by atoms with Gasteiger partial charge in [-0.25, -0.2) is 0 Å². The average molecular weight is 289 g/mol. The first kappa shape index (κ1) is 16.9. The summed E-state index contributed by atoms with van der Waals surface area (Å²) in [7, 11) is 1.68. The molecule has 0 aliphatic rings. The normalized spacial score (nSPS) is 12.1. The second-order valence-electron chi connectivity index (χ2n) is 4.90. The van der Waals surface area contributed by atoms with Crippen molar-refractivity contribution in [1.29, 1.82) is 0 Å². The van der Waals surface area contributed by atoms with Gasteiger partial charge < -0.3 is 10.2 Å². The minimum atomic E-state index is -4.10. The van der Waals surface area contributed by atoms with Gasteiger partial charge in [0.05, 0.1) is 17.8 Å². The first-order chi connectivity index (χ1) is 9.40. The molecular formula is C14H22F3N3. The van der Waals surface area contributed by atoms with Crippen LogP contribution in [0.25, 0.3) is 0 Å². The van der Waals surface area contributed by atoms with Crippen LogP contribution in [0.4, 0.5) is 13.2 Å². The van der Waals surface area contributed by atoms with E-state index in [1.165, 1.54) is 0 Å². The Hall–Kier alpha value is -1.14. The zero-order valence-corrected chi connectivity index (χ0v) is 12.0. The van der Waals surface area contributed by atoms with Gasteiger partial charge in [-0.15, -0.1) is 0 Å². The van der Waals surface area contributed by atoms with E-state index in [1.54, 1.807) is 11.9 Å². The lowest BCUT2D eigenvalue weighted by Gasteiger charge is -2.17. The molecule has 1 aromatic rings. The summed E-state index contributed by atoms with van der Waals surface area (Å²) in [5, 5.41) is 3.25. The molecule has 0 atom stereocenters. The van der Waals surface area contributed by atoms with Gasteiger partial charge in [-0.3, -0.25) is 4.98 Å². The largest absolute Gasteiger partial charge is 0.390 e. The van der Waals surface area contributed by atoms with Crippen LogP contribution in [0.3, 0.4) is 0 Å². The monoisotopic (exact) mass is 289 g/mol. The standard InChI is InChI=1S/C14H22F3N3/c1-3-8-18-10-12-5-4-6-13(19-12)11-20(2)9-7-14(15,16)17/h4-6,18H,3,7-11H2,1-2H3. The van der Waals surface area contributed by atoms with Crippen LogP contribution in [0.1, 0.15) is 31.2 Å². The summed E-state index contributed by atoms with van der Waals surface area (Å²) in [6.45, 7) is 4.12. The maximum absolute atomic E-state index is 12.1. The van der Waals surface area contributed by atoms with Gasteiger partial charge in [0, 0.05) is 19.6 Å². The highest BCUT2D eigenvalue weighted by Crippen LogP contribution is 2.19. The predicted octanol–water partition coefficient (Wildman–Crippen LogP) is 2.97. The predicted molar refractivity (Wildman–Crippen MR) is 73.2 cm³/mol. The number of pyridine rings is 1. The number of rotatable bonds is 8. The van der Waals surface area contributed by atoms with E-state index in [-0.39, 0.29) is 6.54 Å². The van der Waals surface area contributed by atoms with Gasteiger partial charge in [0.25, 0.3) is 0 Å². The van der Waals surface area contributed by atoms with Crippen LogP contribution in [-0.4, -0.2) is 36.2 Å². The molecule has 0 unspecified atom stereocenters. The quantitative estimate of drug-likeness (QED) is 0.746. The molecule has 1 aromatic heterocycles. The summed E-state index contributed by atoms with van der Waals surface area (Å²) in [6.07, 6.45) is -3.84. The molecule has 114 valence electrons. The highest BCUT2D eigenvalue weighted by molar-refractivity contribution is 5.11. The third kappa shape index (κ3) is 7.45. The molecule has 0 saturated carbocycles. The topological polar surface area (TPSA) is 28.2 Å². The Morgan fingerprint density at radius 2 is 1.95 bits per heavy atom. The van der Waals surface area contributed by atoms with E-state index in [0.717, 1.165) is 24.4 Å². The molecule has 0 fully saturated rings. The molecule has 1 rings (SSSR count). The first-order valence-corrected chi connectivity index (χ1v) is 6.81. The molecule has 6 heteroatoms. The van der Waals surface area contributed by atoms with Crippen LogP contribution in [0.15, 0.2) is 18.2 Å². The van der Waals surface area contributed by atoms with Crippen molar-refractivity contribution in [2.75, 3.05) is 20.1 Å². The van der Waals surface area contributed by atoms with E-state index in [0.29, 0.717) is 13.1 Å². The van der Waals surface area contributed by atoms with Crippen LogP contribution in [0, 0.1) is 0 Å². The summed E-state index contributed by atoms with van der Waals surface area (Å²) in [5.74, 6) is 0. The van der Waals surface area contributed by atoms with Crippen molar-refractivity contribution >= 4 is 0 Å². The number of nitrogens with one attached hydrogen (secondary N) is 1. The minimum absolute atomic E-state index is 0.0104. The summed E-state index contributed by atoms with van der Waals surface area (Å²) in [5.41, 5.74) is 1.71. The van der Waals surface area contributed by atoms with E-state index >= 15 is 0 Å². The van der Waals surface area contributed by atoms with Crippen molar-refractivity contribution in [2.45, 2.75) is 39.0 Å². The van der Waals surface area contributed by atoms with Crippen LogP contribution in [0.5, 0.6) is 0 Å². The van der Waals surface area contributed by atoms with Crippen molar-refractivity contribution < 1.29 is 13.2 Å². The number of alkyl halides is 3. The Morgan fingerprint density at radius 1 is 1.25 bits per heavy atom. The Kier molecular flexibility index (Phi) is 6.95. The van der Waals surface area contributed by atoms with Gasteiger partial charge in [-0.1, -0.05) is 13.0 Å². The molecule has 3 nitrogen and oxygen atoms in total. The molecule has 0 saturated heterocycles. The zero-order chi connectivity index (χ0) is 15.0. The fourth-order valence-corrected chi connectivity index (χ4v) is 1.78. The molecule has 0 aromatic carbocycles. The maximum Gasteiger partial charge on any atom is 0.390 e. The number of nitrogens with zero attached hydrogens (tertiary/aromatic N) is 2. The van der Waals surface area contributed by atoms with Gasteiger partial charge in [-0.05, 0) is 32.1 Å². The van der Waals surface area contributed by atoms with Gasteiger partial charge in [-0.2, -0.15) is 13.2 Å². The molecule has 20 heavy (non-hydrogen) atoms. The van der Waals surface area contributed by atoms with Crippen molar-refractivity contribution in [2.24, 2.45) is 0 Å². The Morgan fingerprint density at radius 3 is 2.60 bits per heavy atom. The van der Waals surface area contributed by atoms with Crippen LogP contribution >= 0.6 is 0 Å². The molecule has 1 N–H and O–H groups in total. The summed E-state index contributed by atoms with van der Waals surface area (Å²) in [6, 6.07) is 5.65. The highest BCUT2D eigenvalue weighted by Gasteiger charge is 2.27. The number of halogens is 3. The molecule has 0 bridgehead atoms. The lowest BCUT2D eigenvalue weighted by atomic mass is 10.2. The number of hydrogen-bond acceptors (Lipinski definition) is 3. The summed E-state index contributed by atoms with van der Waals surface area (Å²) >= 11 is 0. The van der Waals surface area contributed by atoms with E-state index in [4.69, 9.17) is 0 Å². The number of hydrogen-bond donors (Lipinski definition) is 1. The molecule has 0 spiro atoms. The number of aromatic nitrogens is 1. The van der Waals surface area contributed by atoms with Gasteiger partial charge >= 0.3 is 6.18 Å². The van der Waals surface area contributed by atoms with Gasteiger partial charge in [0.2, 0.25) is 0 Å². The van der Waals surface area contributed by atoms with Crippen molar-refractivity contribution in [3.05, 3.63) is 29.6 Å². The first-order valence-electron chi connectivity index (χ1n) is 6.81. The van der Waals surface area contributed by atoms with E-state index in [1.807, 2.05) is 18.2 Å². The zero-order valence-electron chi connectivity index (χ0n) is 12.0. The fourth-order valence-electron chi connectivity index (χ4n) is 1.78. The molecular weight excluding hydrogens is 267 g/mol. The second-order valence-corrected chi connectivity index (χ2v) is 4.90. The van der Waals surface area contributed by atoms with Crippen LogP contribution < -0.4 is 5.32 Å².